The van der Waals surface area contributed by atoms with E-state index in [1.807, 2.05) is 20.8 Å². The van der Waals surface area contributed by atoms with Crippen LogP contribution in [0.5, 0.6) is 23.1 Å². The van der Waals surface area contributed by atoms with Gasteiger partial charge in [0.2, 0.25) is 11.6 Å². The summed E-state index contributed by atoms with van der Waals surface area (Å²) >= 11 is 0. The minimum absolute atomic E-state index is 0.00430. The second-order valence-corrected chi connectivity index (χ2v) is 11.8. The molecule has 4 aromatic rings. The smallest absolute Gasteiger partial charge is 0.309 e. The van der Waals surface area contributed by atoms with E-state index in [4.69, 9.17) is 18.9 Å². The van der Waals surface area contributed by atoms with Gasteiger partial charge in [0.05, 0.1) is 25.0 Å². The highest BCUT2D eigenvalue weighted by Crippen LogP contribution is 2.41. The number of sulfonamides is 1. The van der Waals surface area contributed by atoms with Crippen LogP contribution in [0.1, 0.15) is 39.7 Å². The molecular formula is C30H33N5O7S. The number of methoxy groups -OCH3 is 1. The molecule has 2 aromatic carbocycles. The van der Waals surface area contributed by atoms with Crippen LogP contribution in [-0.2, 0) is 25.0 Å². The number of hydrogen-bond donors (Lipinski definition) is 1. The molecule has 0 bridgehead atoms. The van der Waals surface area contributed by atoms with Gasteiger partial charge in [0.15, 0.2) is 23.1 Å². The van der Waals surface area contributed by atoms with E-state index in [9.17, 15) is 13.2 Å². The number of esters is 1. The number of benzene rings is 2. The summed E-state index contributed by atoms with van der Waals surface area (Å²) in [4.78, 5) is 29.2. The van der Waals surface area contributed by atoms with Crippen molar-refractivity contribution in [1.82, 2.24) is 19.9 Å². The lowest BCUT2D eigenvalue weighted by Gasteiger charge is -2.20. The molecule has 0 fully saturated rings. The Morgan fingerprint density at radius 2 is 1.58 bits per heavy atom. The molecule has 4 rings (SSSR count). The van der Waals surface area contributed by atoms with Crippen molar-refractivity contribution in [1.29, 1.82) is 0 Å². The van der Waals surface area contributed by atoms with Gasteiger partial charge in [-0.25, -0.2) is 23.4 Å². The van der Waals surface area contributed by atoms with Crippen LogP contribution in [0.4, 0.5) is 5.82 Å². The number of carbonyl (C=O) groups excluding carboxylic acids is 1. The molecule has 0 radical (unpaired) electrons. The van der Waals surface area contributed by atoms with Crippen LogP contribution < -0.4 is 18.9 Å². The van der Waals surface area contributed by atoms with Gasteiger partial charge < -0.3 is 18.9 Å². The maximum Gasteiger partial charge on any atom is 0.309 e. The largest absolute Gasteiger partial charge is 0.493 e. The number of nitrogens with one attached hydrogen (secondary N) is 1. The van der Waals surface area contributed by atoms with E-state index in [1.54, 1.807) is 49.4 Å². The highest BCUT2D eigenvalue weighted by atomic mass is 32.2. The Labute approximate surface area is 250 Å². The summed E-state index contributed by atoms with van der Waals surface area (Å²) < 4.78 is 52.2. The lowest BCUT2D eigenvalue weighted by Crippen LogP contribution is -2.17. The van der Waals surface area contributed by atoms with Crippen LogP contribution in [0.3, 0.4) is 0 Å². The van der Waals surface area contributed by atoms with Crippen molar-refractivity contribution in [2.24, 2.45) is 0 Å². The molecule has 0 saturated heterocycles. The highest BCUT2D eigenvalue weighted by Gasteiger charge is 2.26. The monoisotopic (exact) mass is 607 g/mol. The molecule has 0 aliphatic carbocycles. The standard InChI is InChI=1S/C30H33N5O7S/c1-6-40-24(36)16-19-41-29-25(42-23-11-8-7-10-22(23)39-5)26(33-28(34-29)27-31-17-9-18-32-27)35-43(37,38)21-14-12-20(13-15-21)30(2,3)4/h7-15,17-18H,6,16,19H2,1-5H3,(H,33,34,35). The van der Waals surface area contributed by atoms with E-state index in [1.165, 1.54) is 31.6 Å². The molecule has 1 N–H and O–H groups in total. The van der Waals surface area contributed by atoms with Gasteiger partial charge in [0, 0.05) is 12.4 Å². The van der Waals surface area contributed by atoms with E-state index in [2.05, 4.69) is 24.7 Å². The number of carbonyl (C=O) groups is 1. The molecule has 0 saturated carbocycles. The Bertz CT molecular complexity index is 1660. The van der Waals surface area contributed by atoms with Crippen molar-refractivity contribution >= 4 is 21.8 Å². The predicted octanol–water partition coefficient (Wildman–Crippen LogP) is 5.16. The van der Waals surface area contributed by atoms with Crippen molar-refractivity contribution < 1.29 is 32.2 Å². The van der Waals surface area contributed by atoms with E-state index in [0.29, 0.717) is 5.75 Å². The number of para-hydroxylation sites is 2. The van der Waals surface area contributed by atoms with Gasteiger partial charge in [-0.15, -0.1) is 0 Å². The molecule has 0 unspecified atom stereocenters. The normalized spacial score (nSPS) is 11.5. The molecule has 0 amide bonds. The molecule has 0 aliphatic rings. The quantitative estimate of drug-likeness (QED) is 0.212. The Morgan fingerprint density at radius 3 is 2.21 bits per heavy atom. The number of nitrogens with zero attached hydrogens (tertiary/aromatic N) is 4. The van der Waals surface area contributed by atoms with Gasteiger partial charge in [0.1, 0.15) is 6.61 Å². The van der Waals surface area contributed by atoms with E-state index < -0.39 is 16.0 Å². The Balaban J connectivity index is 1.83. The van der Waals surface area contributed by atoms with Gasteiger partial charge in [-0.05, 0) is 48.2 Å². The van der Waals surface area contributed by atoms with Crippen LogP contribution in [0.25, 0.3) is 11.6 Å². The predicted molar refractivity (Wildman–Crippen MR) is 159 cm³/mol. The van der Waals surface area contributed by atoms with Gasteiger partial charge in [-0.2, -0.15) is 4.98 Å². The molecule has 0 spiro atoms. The fourth-order valence-corrected chi connectivity index (χ4v) is 4.81. The molecule has 2 aromatic heterocycles. The SMILES string of the molecule is CCOC(=O)CCOc1nc(-c2ncccn2)nc(NS(=O)(=O)c2ccc(C(C)(C)C)cc2)c1Oc1ccccc1OC. The maximum absolute atomic E-state index is 13.6. The second kappa shape index (κ2) is 13.5. The Hall–Kier alpha value is -4.78. The van der Waals surface area contributed by atoms with Crippen molar-refractivity contribution in [3.63, 3.8) is 0 Å². The van der Waals surface area contributed by atoms with Gasteiger partial charge in [-0.1, -0.05) is 45.0 Å². The zero-order valence-corrected chi connectivity index (χ0v) is 25.3. The van der Waals surface area contributed by atoms with Gasteiger partial charge in [0.25, 0.3) is 15.9 Å². The molecule has 226 valence electrons. The first kappa shape index (κ1) is 31.2. The lowest BCUT2D eigenvalue weighted by atomic mass is 9.87. The third-order valence-corrected chi connectivity index (χ3v) is 7.35. The van der Waals surface area contributed by atoms with Crippen LogP contribution in [0.2, 0.25) is 0 Å². The summed E-state index contributed by atoms with van der Waals surface area (Å²) in [5.41, 5.74) is 0.799. The molecule has 43 heavy (non-hydrogen) atoms. The number of hydrogen-bond acceptors (Lipinski definition) is 11. The number of rotatable bonds is 12. The minimum Gasteiger partial charge on any atom is -0.493 e. The number of anilines is 1. The number of ether oxygens (including phenoxy) is 4. The summed E-state index contributed by atoms with van der Waals surface area (Å²) in [7, 11) is -2.72. The summed E-state index contributed by atoms with van der Waals surface area (Å²) in [6.45, 7) is 7.87. The van der Waals surface area contributed by atoms with Crippen molar-refractivity contribution in [2.75, 3.05) is 25.0 Å². The van der Waals surface area contributed by atoms with E-state index >= 15 is 0 Å². The van der Waals surface area contributed by atoms with Crippen LogP contribution >= 0.6 is 0 Å². The third-order valence-electron chi connectivity index (χ3n) is 5.99. The average molecular weight is 608 g/mol. The molecule has 13 heteroatoms. The van der Waals surface area contributed by atoms with Crippen molar-refractivity contribution in [3.05, 3.63) is 72.6 Å². The first-order valence-electron chi connectivity index (χ1n) is 13.4. The first-order valence-corrected chi connectivity index (χ1v) is 14.9. The molecule has 0 aliphatic heterocycles. The molecule has 2 heterocycles. The Morgan fingerprint density at radius 1 is 0.907 bits per heavy atom. The number of aromatic nitrogens is 4. The van der Waals surface area contributed by atoms with Crippen LogP contribution in [-0.4, -0.2) is 54.6 Å². The van der Waals surface area contributed by atoms with E-state index in [0.717, 1.165) is 5.56 Å². The maximum atomic E-state index is 13.6. The van der Waals surface area contributed by atoms with E-state index in [-0.39, 0.29) is 64.8 Å². The van der Waals surface area contributed by atoms with Gasteiger partial charge >= 0.3 is 5.97 Å². The second-order valence-electron chi connectivity index (χ2n) is 10.1. The van der Waals surface area contributed by atoms with Crippen LogP contribution in [0, 0.1) is 0 Å². The summed E-state index contributed by atoms with van der Waals surface area (Å²) in [6.07, 6.45) is 2.89. The summed E-state index contributed by atoms with van der Waals surface area (Å²) in [6, 6.07) is 14.9. The Kier molecular flexibility index (Phi) is 9.76. The zero-order chi connectivity index (χ0) is 31.0. The first-order chi connectivity index (χ1) is 20.5. The van der Waals surface area contributed by atoms with Crippen molar-refractivity contribution in [3.8, 4) is 34.8 Å². The summed E-state index contributed by atoms with van der Waals surface area (Å²) in [5, 5.41) is 0. The van der Waals surface area contributed by atoms with Crippen molar-refractivity contribution in [2.45, 2.75) is 44.4 Å². The highest BCUT2D eigenvalue weighted by molar-refractivity contribution is 7.92. The molecular weight excluding hydrogens is 574 g/mol. The fourth-order valence-electron chi connectivity index (χ4n) is 3.80. The van der Waals surface area contributed by atoms with Crippen LogP contribution in [0.15, 0.2) is 71.9 Å². The fraction of sp³-hybridized carbons (Fsp3) is 0.300. The zero-order valence-electron chi connectivity index (χ0n) is 24.5. The minimum atomic E-state index is -4.19. The lowest BCUT2D eigenvalue weighted by molar-refractivity contribution is -0.143. The average Bonchev–Trinajstić information content (AvgIpc) is 2.98. The molecule has 0 atom stereocenters. The topological polar surface area (TPSA) is 152 Å². The van der Waals surface area contributed by atoms with Gasteiger partial charge in [-0.3, -0.25) is 9.52 Å². The summed E-state index contributed by atoms with van der Waals surface area (Å²) in [5.74, 6) is -0.373. The third kappa shape index (κ3) is 7.95. The molecule has 12 nitrogen and oxygen atoms in total.